The van der Waals surface area contributed by atoms with E-state index in [0.717, 1.165) is 0 Å². The van der Waals surface area contributed by atoms with Crippen molar-refractivity contribution in [3.63, 3.8) is 0 Å². The third kappa shape index (κ3) is 3.41. The number of hydrogen-bond donors (Lipinski definition) is 1. The number of anilines is 1. The Kier molecular flexibility index (Phi) is 3.96. The third-order valence-electron chi connectivity index (χ3n) is 2.33. The first-order chi connectivity index (χ1) is 9.06. The number of hydrogen-bond acceptors (Lipinski definition) is 5. The second-order valence-corrected chi connectivity index (χ2v) is 4.57. The molecule has 6 nitrogen and oxygen atoms in total. The predicted molar refractivity (Wildman–Crippen MR) is 73.8 cm³/mol. The number of nitrogens with zero attached hydrogens (tertiary/aromatic N) is 2. The van der Waals surface area contributed by atoms with Gasteiger partial charge in [-0.2, -0.15) is 0 Å². The molecule has 2 N–H and O–H groups in total. The summed E-state index contributed by atoms with van der Waals surface area (Å²) in [6, 6.07) is 9.53. The first kappa shape index (κ1) is 13.3. The Morgan fingerprint density at radius 1 is 1.37 bits per heavy atom. The fraction of sp³-hybridized carbons (Fsp3) is 0.0833. The molecule has 1 aromatic heterocycles. The number of halogens is 1. The molecular weight excluding hydrogens is 314 g/mol. The summed E-state index contributed by atoms with van der Waals surface area (Å²) in [7, 11) is 0. The molecule has 0 spiro atoms. The van der Waals surface area contributed by atoms with E-state index in [1.807, 2.05) is 0 Å². The Balaban J connectivity index is 2.15. The Labute approximate surface area is 117 Å². The number of non-ortho nitro benzene ring substituents is 1. The topological polar surface area (TPSA) is 91.3 Å². The zero-order valence-electron chi connectivity index (χ0n) is 9.75. The first-order valence-electron chi connectivity index (χ1n) is 5.34. The van der Waals surface area contributed by atoms with E-state index in [0.29, 0.717) is 21.7 Å². The molecule has 0 atom stereocenters. The van der Waals surface area contributed by atoms with Gasteiger partial charge in [0.2, 0.25) is 0 Å². The maximum absolute atomic E-state index is 10.7. The Bertz CT molecular complexity index is 619. The van der Waals surface area contributed by atoms with E-state index in [2.05, 4.69) is 20.9 Å². The fourth-order valence-electron chi connectivity index (χ4n) is 1.45. The quantitative estimate of drug-likeness (QED) is 0.690. The molecular formula is C12H10BrN3O3. The molecule has 7 heteroatoms. The first-order valence-corrected chi connectivity index (χ1v) is 6.14. The van der Waals surface area contributed by atoms with Crippen LogP contribution >= 0.6 is 15.9 Å². The zero-order valence-corrected chi connectivity index (χ0v) is 11.3. The molecule has 2 aromatic rings. The molecule has 0 aliphatic heterocycles. The highest BCUT2D eigenvalue weighted by Crippen LogP contribution is 2.29. The highest BCUT2D eigenvalue weighted by atomic mass is 79.9. The van der Waals surface area contributed by atoms with Crippen molar-refractivity contribution in [3.8, 4) is 5.75 Å². The standard InChI is InChI=1S/C12H10BrN3O3/c13-10-5-4-9(16(17)18)6-11(10)19-7-8-2-1-3-12(14)15-8/h1-6H,7H2,(H2,14,15). The van der Waals surface area contributed by atoms with Crippen LogP contribution in [0.25, 0.3) is 0 Å². The molecule has 0 radical (unpaired) electrons. The van der Waals surface area contributed by atoms with Crippen LogP contribution in [0.1, 0.15) is 5.69 Å². The average molecular weight is 324 g/mol. The van der Waals surface area contributed by atoms with Crippen LogP contribution in [0.5, 0.6) is 5.75 Å². The van der Waals surface area contributed by atoms with Gasteiger partial charge in [-0.15, -0.1) is 0 Å². The largest absolute Gasteiger partial charge is 0.486 e. The van der Waals surface area contributed by atoms with Crippen LogP contribution in [0.15, 0.2) is 40.9 Å². The van der Waals surface area contributed by atoms with Crippen molar-refractivity contribution in [2.75, 3.05) is 5.73 Å². The SMILES string of the molecule is Nc1cccc(COc2cc([N+](=O)[O-])ccc2Br)n1. The monoisotopic (exact) mass is 323 g/mol. The lowest BCUT2D eigenvalue weighted by atomic mass is 10.3. The molecule has 19 heavy (non-hydrogen) atoms. The van der Waals surface area contributed by atoms with Crippen LogP contribution in [-0.4, -0.2) is 9.91 Å². The number of nitro benzene ring substituents is 1. The zero-order chi connectivity index (χ0) is 13.8. The van der Waals surface area contributed by atoms with Crippen LogP contribution < -0.4 is 10.5 Å². The number of pyridine rings is 1. The van der Waals surface area contributed by atoms with Gasteiger partial charge in [0.15, 0.2) is 0 Å². The summed E-state index contributed by atoms with van der Waals surface area (Å²) < 4.78 is 6.14. The van der Waals surface area contributed by atoms with Crippen molar-refractivity contribution in [1.29, 1.82) is 0 Å². The molecule has 1 heterocycles. The molecule has 0 unspecified atom stereocenters. The highest BCUT2D eigenvalue weighted by Gasteiger charge is 2.10. The van der Waals surface area contributed by atoms with E-state index in [1.54, 1.807) is 24.3 Å². The van der Waals surface area contributed by atoms with Gasteiger partial charge < -0.3 is 10.5 Å². The van der Waals surface area contributed by atoms with Crippen molar-refractivity contribution < 1.29 is 9.66 Å². The van der Waals surface area contributed by atoms with Gasteiger partial charge in [-0.25, -0.2) is 4.98 Å². The maximum atomic E-state index is 10.7. The van der Waals surface area contributed by atoms with E-state index in [-0.39, 0.29) is 12.3 Å². The molecule has 0 saturated heterocycles. The van der Waals surface area contributed by atoms with Crippen molar-refractivity contribution in [1.82, 2.24) is 4.98 Å². The molecule has 0 bridgehead atoms. The smallest absolute Gasteiger partial charge is 0.273 e. The van der Waals surface area contributed by atoms with Gasteiger partial charge in [0.05, 0.1) is 21.2 Å². The minimum Gasteiger partial charge on any atom is -0.486 e. The van der Waals surface area contributed by atoms with Crippen LogP contribution in [0.2, 0.25) is 0 Å². The van der Waals surface area contributed by atoms with Crippen molar-refractivity contribution in [3.05, 3.63) is 56.7 Å². The lowest BCUT2D eigenvalue weighted by molar-refractivity contribution is -0.385. The summed E-state index contributed by atoms with van der Waals surface area (Å²) in [5, 5.41) is 10.7. The maximum Gasteiger partial charge on any atom is 0.273 e. The Hall–Kier alpha value is -2.15. The number of nitro groups is 1. The minimum absolute atomic E-state index is 0.0289. The molecule has 0 amide bonds. The summed E-state index contributed by atoms with van der Waals surface area (Å²) in [5.41, 5.74) is 6.18. The number of ether oxygens (including phenoxy) is 1. The van der Waals surface area contributed by atoms with Gasteiger partial charge in [0, 0.05) is 6.07 Å². The van der Waals surface area contributed by atoms with Crippen molar-refractivity contribution in [2.24, 2.45) is 0 Å². The Morgan fingerprint density at radius 2 is 2.16 bits per heavy atom. The van der Waals surface area contributed by atoms with Gasteiger partial charge in [-0.1, -0.05) is 6.07 Å². The Morgan fingerprint density at radius 3 is 2.84 bits per heavy atom. The van der Waals surface area contributed by atoms with Crippen molar-refractivity contribution in [2.45, 2.75) is 6.61 Å². The molecule has 0 saturated carbocycles. The molecule has 98 valence electrons. The second-order valence-electron chi connectivity index (χ2n) is 3.71. The van der Waals surface area contributed by atoms with Crippen LogP contribution in [0, 0.1) is 10.1 Å². The van der Waals surface area contributed by atoms with Crippen LogP contribution in [-0.2, 0) is 6.61 Å². The summed E-state index contributed by atoms with van der Waals surface area (Å²) in [6.45, 7) is 0.185. The van der Waals surface area contributed by atoms with Crippen molar-refractivity contribution >= 4 is 27.4 Å². The summed E-state index contributed by atoms with van der Waals surface area (Å²) >= 11 is 3.27. The lowest BCUT2D eigenvalue weighted by Gasteiger charge is -2.07. The molecule has 1 aromatic carbocycles. The van der Waals surface area contributed by atoms with E-state index in [9.17, 15) is 10.1 Å². The third-order valence-corrected chi connectivity index (χ3v) is 2.98. The molecule has 0 aliphatic carbocycles. The summed E-state index contributed by atoms with van der Waals surface area (Å²) in [4.78, 5) is 14.3. The normalized spacial score (nSPS) is 10.2. The van der Waals surface area contributed by atoms with Gasteiger partial charge >= 0.3 is 0 Å². The predicted octanol–water partition coefficient (Wildman–Crippen LogP) is 2.91. The molecule has 0 aliphatic rings. The van der Waals surface area contributed by atoms with E-state index in [4.69, 9.17) is 10.5 Å². The summed E-state index contributed by atoms with van der Waals surface area (Å²) in [6.07, 6.45) is 0. The van der Waals surface area contributed by atoms with E-state index < -0.39 is 4.92 Å². The molecule has 2 rings (SSSR count). The molecule has 0 fully saturated rings. The van der Waals surface area contributed by atoms with Crippen LogP contribution in [0.3, 0.4) is 0 Å². The average Bonchev–Trinajstić information content (AvgIpc) is 2.37. The van der Waals surface area contributed by atoms with E-state index in [1.165, 1.54) is 12.1 Å². The number of rotatable bonds is 4. The second kappa shape index (κ2) is 5.66. The van der Waals surface area contributed by atoms with Gasteiger partial charge in [0.1, 0.15) is 18.2 Å². The van der Waals surface area contributed by atoms with Gasteiger partial charge in [-0.3, -0.25) is 10.1 Å². The van der Waals surface area contributed by atoms with Crippen LogP contribution in [0.4, 0.5) is 11.5 Å². The minimum atomic E-state index is -0.474. The number of benzene rings is 1. The number of nitrogens with two attached hydrogens (primary N) is 1. The fourth-order valence-corrected chi connectivity index (χ4v) is 1.81. The van der Waals surface area contributed by atoms with Gasteiger partial charge in [-0.05, 0) is 34.1 Å². The van der Waals surface area contributed by atoms with Gasteiger partial charge in [0.25, 0.3) is 5.69 Å². The summed E-state index contributed by atoms with van der Waals surface area (Å²) in [5.74, 6) is 0.789. The van der Waals surface area contributed by atoms with E-state index >= 15 is 0 Å². The highest BCUT2D eigenvalue weighted by molar-refractivity contribution is 9.10. The lowest BCUT2D eigenvalue weighted by Crippen LogP contribution is -2.01. The number of aromatic nitrogens is 1. The number of nitrogen functional groups attached to an aromatic ring is 1.